The number of aryl methyl sites for hydroxylation is 1. The molecule has 7 nitrogen and oxygen atoms in total. The van der Waals surface area contributed by atoms with Gasteiger partial charge in [-0.25, -0.2) is 0 Å². The first-order valence-corrected chi connectivity index (χ1v) is 9.78. The zero-order valence-corrected chi connectivity index (χ0v) is 17.0. The van der Waals surface area contributed by atoms with E-state index in [1.807, 2.05) is 24.0 Å². The van der Waals surface area contributed by atoms with Crippen molar-refractivity contribution in [2.45, 2.75) is 6.92 Å². The lowest BCUT2D eigenvalue weighted by molar-refractivity contribution is -0.384. The minimum atomic E-state index is -0.444. The van der Waals surface area contributed by atoms with Gasteiger partial charge in [-0.05, 0) is 25.1 Å². The van der Waals surface area contributed by atoms with Gasteiger partial charge in [0.15, 0.2) is 11.3 Å². The standard InChI is InChI=1S/C20H17Cl2N3O4/c1-12-14-3-2-4-15(22)19(14)29-18(12)20(26)24-9-7-23(8-10-24)16-6-5-13(21)11-17(16)25(27)28/h2-6,11H,7-10H2,1H3. The number of hydrogen-bond donors (Lipinski definition) is 0. The van der Waals surface area contributed by atoms with Gasteiger partial charge in [0.2, 0.25) is 0 Å². The summed E-state index contributed by atoms with van der Waals surface area (Å²) in [5.74, 6) is 0.0686. The summed E-state index contributed by atoms with van der Waals surface area (Å²) < 4.78 is 5.78. The van der Waals surface area contributed by atoms with Crippen molar-refractivity contribution < 1.29 is 14.1 Å². The minimum absolute atomic E-state index is 0.0416. The molecule has 0 atom stereocenters. The van der Waals surface area contributed by atoms with Crippen LogP contribution < -0.4 is 4.90 Å². The first-order chi connectivity index (χ1) is 13.9. The molecule has 2 heterocycles. The summed E-state index contributed by atoms with van der Waals surface area (Å²) in [4.78, 5) is 27.5. The maximum absolute atomic E-state index is 13.0. The fourth-order valence-electron chi connectivity index (χ4n) is 3.62. The fourth-order valence-corrected chi connectivity index (χ4v) is 4.00. The van der Waals surface area contributed by atoms with Crippen LogP contribution in [0.15, 0.2) is 40.8 Å². The topological polar surface area (TPSA) is 79.8 Å². The molecule has 29 heavy (non-hydrogen) atoms. The van der Waals surface area contributed by atoms with E-state index in [0.717, 1.165) is 10.9 Å². The molecule has 0 aliphatic carbocycles. The monoisotopic (exact) mass is 433 g/mol. The quantitative estimate of drug-likeness (QED) is 0.432. The highest BCUT2D eigenvalue weighted by molar-refractivity contribution is 6.35. The molecule has 1 aromatic heterocycles. The van der Waals surface area contributed by atoms with Crippen molar-refractivity contribution in [3.05, 3.63) is 67.9 Å². The molecule has 1 fully saturated rings. The second-order valence-electron chi connectivity index (χ2n) is 6.84. The summed E-state index contributed by atoms with van der Waals surface area (Å²) in [6.45, 7) is 3.61. The van der Waals surface area contributed by atoms with Crippen LogP contribution in [0.3, 0.4) is 0 Å². The van der Waals surface area contributed by atoms with Crippen LogP contribution in [-0.4, -0.2) is 41.9 Å². The van der Waals surface area contributed by atoms with Crippen molar-refractivity contribution in [2.75, 3.05) is 31.1 Å². The van der Waals surface area contributed by atoms with Crippen LogP contribution in [0.1, 0.15) is 16.1 Å². The molecule has 4 rings (SSSR count). The van der Waals surface area contributed by atoms with Gasteiger partial charge in [0.25, 0.3) is 11.6 Å². The van der Waals surface area contributed by atoms with Crippen molar-refractivity contribution in [3.8, 4) is 0 Å². The number of anilines is 1. The van der Waals surface area contributed by atoms with Crippen LogP contribution in [0.5, 0.6) is 0 Å². The number of hydrogen-bond acceptors (Lipinski definition) is 5. The highest BCUT2D eigenvalue weighted by Crippen LogP contribution is 2.33. The summed E-state index contributed by atoms with van der Waals surface area (Å²) in [6, 6.07) is 10.0. The number of furan rings is 1. The molecule has 1 saturated heterocycles. The number of amides is 1. The van der Waals surface area contributed by atoms with Gasteiger partial charge in [0, 0.05) is 48.2 Å². The lowest BCUT2D eigenvalue weighted by Gasteiger charge is -2.35. The Morgan fingerprint density at radius 1 is 1.14 bits per heavy atom. The Kier molecular flexibility index (Phi) is 5.10. The third kappa shape index (κ3) is 3.52. The molecule has 3 aromatic rings. The van der Waals surface area contributed by atoms with E-state index in [4.69, 9.17) is 27.6 Å². The number of carbonyl (C=O) groups is 1. The van der Waals surface area contributed by atoms with E-state index < -0.39 is 4.92 Å². The number of nitro benzene ring substituents is 1. The minimum Gasteiger partial charge on any atom is -0.449 e. The molecule has 2 aromatic carbocycles. The molecule has 1 aliphatic heterocycles. The van der Waals surface area contributed by atoms with Gasteiger partial charge in [-0.3, -0.25) is 14.9 Å². The SMILES string of the molecule is Cc1c(C(=O)N2CCN(c3ccc(Cl)cc3[N+](=O)[O-])CC2)oc2c(Cl)cccc12. The number of benzene rings is 2. The number of para-hydroxylation sites is 1. The van der Waals surface area contributed by atoms with Crippen LogP contribution in [0.25, 0.3) is 11.0 Å². The molecule has 0 spiro atoms. The Labute approximate surface area is 176 Å². The van der Waals surface area contributed by atoms with Crippen LogP contribution in [0.4, 0.5) is 11.4 Å². The average Bonchev–Trinajstić information content (AvgIpc) is 3.05. The molecule has 0 radical (unpaired) electrons. The summed E-state index contributed by atoms with van der Waals surface area (Å²) >= 11 is 12.1. The highest BCUT2D eigenvalue weighted by Gasteiger charge is 2.29. The molecule has 1 aliphatic rings. The van der Waals surface area contributed by atoms with E-state index in [1.165, 1.54) is 6.07 Å². The molecule has 0 bridgehead atoms. The summed E-state index contributed by atoms with van der Waals surface area (Å²) in [6.07, 6.45) is 0. The lowest BCUT2D eigenvalue weighted by Crippen LogP contribution is -2.49. The second-order valence-corrected chi connectivity index (χ2v) is 7.69. The number of carbonyl (C=O) groups excluding carboxylic acids is 1. The van der Waals surface area contributed by atoms with Crippen LogP contribution in [0, 0.1) is 17.0 Å². The predicted octanol–water partition coefficient (Wildman–Crippen LogP) is 4.92. The number of piperazine rings is 1. The van der Waals surface area contributed by atoms with Crippen molar-refractivity contribution in [2.24, 2.45) is 0 Å². The van der Waals surface area contributed by atoms with Gasteiger partial charge in [-0.1, -0.05) is 35.3 Å². The Morgan fingerprint density at radius 2 is 1.86 bits per heavy atom. The van der Waals surface area contributed by atoms with Crippen LogP contribution >= 0.6 is 23.2 Å². The third-order valence-corrected chi connectivity index (χ3v) is 5.68. The Balaban J connectivity index is 1.54. The van der Waals surface area contributed by atoms with E-state index in [0.29, 0.717) is 47.5 Å². The van der Waals surface area contributed by atoms with Crippen molar-refractivity contribution in [3.63, 3.8) is 0 Å². The number of rotatable bonds is 3. The molecular weight excluding hydrogens is 417 g/mol. The van der Waals surface area contributed by atoms with E-state index >= 15 is 0 Å². The van der Waals surface area contributed by atoms with Crippen LogP contribution in [-0.2, 0) is 0 Å². The molecule has 0 N–H and O–H groups in total. The number of nitro groups is 1. The Bertz CT molecular complexity index is 1120. The van der Waals surface area contributed by atoms with Gasteiger partial charge in [-0.15, -0.1) is 0 Å². The molecular formula is C20H17Cl2N3O4. The molecule has 0 saturated carbocycles. The number of fused-ring (bicyclic) bond motifs is 1. The van der Waals surface area contributed by atoms with Gasteiger partial charge in [0.05, 0.1) is 9.95 Å². The first kappa shape index (κ1) is 19.5. The van der Waals surface area contributed by atoms with Crippen LogP contribution in [0.2, 0.25) is 10.0 Å². The molecule has 9 heteroatoms. The Morgan fingerprint density at radius 3 is 2.52 bits per heavy atom. The number of nitrogens with zero attached hydrogens (tertiary/aromatic N) is 3. The van der Waals surface area contributed by atoms with Gasteiger partial charge in [-0.2, -0.15) is 0 Å². The second kappa shape index (κ2) is 7.57. The van der Waals surface area contributed by atoms with Crippen molar-refractivity contribution in [1.82, 2.24) is 4.90 Å². The summed E-state index contributed by atoms with van der Waals surface area (Å²) in [5.41, 5.74) is 1.71. The maximum atomic E-state index is 13.0. The van der Waals surface area contributed by atoms with E-state index in [1.54, 1.807) is 23.1 Å². The smallest absolute Gasteiger partial charge is 0.294 e. The Hall–Kier alpha value is -2.77. The van der Waals surface area contributed by atoms with E-state index in [9.17, 15) is 14.9 Å². The van der Waals surface area contributed by atoms with E-state index in [-0.39, 0.29) is 17.4 Å². The maximum Gasteiger partial charge on any atom is 0.294 e. The molecule has 0 unspecified atom stereocenters. The highest BCUT2D eigenvalue weighted by atomic mass is 35.5. The molecule has 1 amide bonds. The van der Waals surface area contributed by atoms with Gasteiger partial charge < -0.3 is 14.2 Å². The van der Waals surface area contributed by atoms with Gasteiger partial charge in [0.1, 0.15) is 5.69 Å². The zero-order valence-electron chi connectivity index (χ0n) is 15.5. The van der Waals surface area contributed by atoms with E-state index in [2.05, 4.69) is 0 Å². The largest absolute Gasteiger partial charge is 0.449 e. The third-order valence-electron chi connectivity index (χ3n) is 5.15. The number of halogens is 2. The first-order valence-electron chi connectivity index (χ1n) is 9.02. The fraction of sp³-hybridized carbons (Fsp3) is 0.250. The summed E-state index contributed by atoms with van der Waals surface area (Å²) in [5, 5.41) is 12.9. The summed E-state index contributed by atoms with van der Waals surface area (Å²) in [7, 11) is 0. The van der Waals surface area contributed by atoms with Gasteiger partial charge >= 0.3 is 0 Å². The average molecular weight is 434 g/mol. The predicted molar refractivity (Wildman–Crippen MR) is 112 cm³/mol. The molecule has 150 valence electrons. The lowest BCUT2D eigenvalue weighted by atomic mass is 10.1. The van der Waals surface area contributed by atoms with Crippen molar-refractivity contribution >= 4 is 51.5 Å². The normalized spacial score (nSPS) is 14.4. The van der Waals surface area contributed by atoms with Crippen molar-refractivity contribution in [1.29, 1.82) is 0 Å². The zero-order chi connectivity index (χ0) is 20.7.